The molecule has 1 saturated heterocycles. The van der Waals surface area contributed by atoms with Crippen molar-refractivity contribution in [3.63, 3.8) is 0 Å². The van der Waals surface area contributed by atoms with Crippen LogP contribution in [0.5, 0.6) is 0 Å². The van der Waals surface area contributed by atoms with Crippen molar-refractivity contribution in [1.82, 2.24) is 0 Å². The summed E-state index contributed by atoms with van der Waals surface area (Å²) in [6.45, 7) is 1.89. The van der Waals surface area contributed by atoms with Crippen LogP contribution < -0.4 is 0 Å². The number of nitrogens with zero attached hydrogens (tertiary/aromatic N) is 1. The Hall–Kier alpha value is -1.43. The number of hydrogen-bond donors (Lipinski definition) is 0. The largest absolute Gasteiger partial charge is 0.465 e. The maximum atomic E-state index is 11.5. The highest BCUT2D eigenvalue weighted by atomic mass is 16.6. The van der Waals surface area contributed by atoms with E-state index in [0.29, 0.717) is 0 Å². The molecule has 0 aromatic carbocycles. The molecular formula is C9H11NO5. The van der Waals surface area contributed by atoms with Crippen LogP contribution in [0.1, 0.15) is 6.92 Å². The molecular weight excluding hydrogens is 202 g/mol. The molecule has 82 valence electrons. The molecule has 0 spiro atoms. The van der Waals surface area contributed by atoms with E-state index in [4.69, 9.17) is 9.47 Å². The second-order valence-corrected chi connectivity index (χ2v) is 3.50. The summed E-state index contributed by atoms with van der Waals surface area (Å²) < 4.78 is 10.1. The maximum Gasteiger partial charge on any atom is 0.319 e. The van der Waals surface area contributed by atoms with Gasteiger partial charge in [-0.2, -0.15) is 0 Å². The Bertz CT molecular complexity index is 326. The van der Waals surface area contributed by atoms with Crippen LogP contribution in [0.25, 0.3) is 0 Å². The monoisotopic (exact) mass is 213 g/mol. The van der Waals surface area contributed by atoms with Crippen molar-refractivity contribution in [2.24, 2.45) is 5.92 Å². The third kappa shape index (κ3) is 1.50. The first-order chi connectivity index (χ1) is 7.15. The summed E-state index contributed by atoms with van der Waals surface area (Å²) >= 11 is 0. The SMILES string of the molecule is CCOC(=O)C1C2C=CC(O2)C1[N+](=O)[O-]. The van der Waals surface area contributed by atoms with E-state index in [1.165, 1.54) is 0 Å². The predicted octanol–water partition coefficient (Wildman–Crippen LogP) is 0.148. The molecule has 6 heteroatoms. The van der Waals surface area contributed by atoms with Crippen molar-refractivity contribution >= 4 is 5.97 Å². The zero-order valence-corrected chi connectivity index (χ0v) is 8.16. The van der Waals surface area contributed by atoms with Crippen molar-refractivity contribution in [3.05, 3.63) is 22.3 Å². The van der Waals surface area contributed by atoms with E-state index >= 15 is 0 Å². The Morgan fingerprint density at radius 1 is 1.53 bits per heavy atom. The van der Waals surface area contributed by atoms with E-state index in [-0.39, 0.29) is 6.61 Å². The minimum Gasteiger partial charge on any atom is -0.465 e. The molecule has 15 heavy (non-hydrogen) atoms. The second-order valence-electron chi connectivity index (χ2n) is 3.50. The predicted molar refractivity (Wildman–Crippen MR) is 48.7 cm³/mol. The van der Waals surface area contributed by atoms with Gasteiger partial charge in [0.15, 0.2) is 5.92 Å². The molecule has 1 fully saturated rings. The van der Waals surface area contributed by atoms with Gasteiger partial charge in [-0.15, -0.1) is 0 Å². The molecule has 2 rings (SSSR count). The maximum absolute atomic E-state index is 11.5. The standard InChI is InChI=1S/C9H11NO5/c1-2-14-9(11)7-5-3-4-6(15-5)8(7)10(12)13/h3-8H,2H2,1H3. The number of fused-ring (bicyclic) bond motifs is 2. The first-order valence-corrected chi connectivity index (χ1v) is 4.79. The van der Waals surface area contributed by atoms with Gasteiger partial charge in [0, 0.05) is 4.92 Å². The Morgan fingerprint density at radius 2 is 2.20 bits per heavy atom. The van der Waals surface area contributed by atoms with Crippen LogP contribution in [-0.4, -0.2) is 35.7 Å². The van der Waals surface area contributed by atoms with Gasteiger partial charge in [-0.05, 0) is 6.92 Å². The van der Waals surface area contributed by atoms with E-state index in [1.54, 1.807) is 19.1 Å². The number of carbonyl (C=O) groups excluding carboxylic acids is 1. The fourth-order valence-electron chi connectivity index (χ4n) is 2.05. The Labute approximate surface area is 86.0 Å². The van der Waals surface area contributed by atoms with Gasteiger partial charge in [0.1, 0.15) is 6.10 Å². The average Bonchev–Trinajstić information content (AvgIpc) is 2.76. The molecule has 0 amide bonds. The fraction of sp³-hybridized carbons (Fsp3) is 0.667. The molecule has 0 saturated carbocycles. The summed E-state index contributed by atoms with van der Waals surface area (Å²) in [4.78, 5) is 21.8. The molecule has 2 aliphatic heterocycles. The van der Waals surface area contributed by atoms with Crippen LogP contribution in [0.2, 0.25) is 0 Å². The van der Waals surface area contributed by atoms with Gasteiger partial charge in [0.2, 0.25) is 0 Å². The molecule has 2 heterocycles. The quantitative estimate of drug-likeness (QED) is 0.288. The Kier molecular flexibility index (Phi) is 2.44. The molecule has 0 aliphatic carbocycles. The lowest BCUT2D eigenvalue weighted by Gasteiger charge is -2.16. The molecule has 2 aliphatic rings. The van der Waals surface area contributed by atoms with Crippen LogP contribution in [0.4, 0.5) is 0 Å². The number of esters is 1. The summed E-state index contributed by atoms with van der Waals surface area (Å²) in [6, 6.07) is -1.00. The molecule has 4 atom stereocenters. The number of ether oxygens (including phenoxy) is 2. The average molecular weight is 213 g/mol. The Balaban J connectivity index is 2.19. The van der Waals surface area contributed by atoms with Crippen molar-refractivity contribution in [2.75, 3.05) is 6.61 Å². The van der Waals surface area contributed by atoms with Crippen molar-refractivity contribution in [3.8, 4) is 0 Å². The van der Waals surface area contributed by atoms with Gasteiger partial charge in [-0.1, -0.05) is 12.2 Å². The summed E-state index contributed by atoms with van der Waals surface area (Å²) in [7, 11) is 0. The number of hydrogen-bond acceptors (Lipinski definition) is 5. The van der Waals surface area contributed by atoms with Gasteiger partial charge in [-0.3, -0.25) is 14.9 Å². The van der Waals surface area contributed by atoms with Crippen LogP contribution in [0, 0.1) is 16.0 Å². The molecule has 0 aromatic rings. The lowest BCUT2D eigenvalue weighted by atomic mass is 9.89. The molecule has 4 unspecified atom stereocenters. The van der Waals surface area contributed by atoms with E-state index in [0.717, 1.165) is 0 Å². The third-order valence-corrected chi connectivity index (χ3v) is 2.67. The lowest BCUT2D eigenvalue weighted by molar-refractivity contribution is -0.530. The van der Waals surface area contributed by atoms with Gasteiger partial charge >= 0.3 is 5.97 Å². The summed E-state index contributed by atoms with van der Waals surface area (Å²) in [5, 5.41) is 10.8. The fourth-order valence-corrected chi connectivity index (χ4v) is 2.05. The number of nitro groups is 1. The minimum atomic E-state index is -1.00. The first-order valence-electron chi connectivity index (χ1n) is 4.79. The van der Waals surface area contributed by atoms with Crippen LogP contribution in [0.3, 0.4) is 0 Å². The summed E-state index contributed by atoms with van der Waals surface area (Å²) in [5.74, 6) is -1.34. The van der Waals surface area contributed by atoms with E-state index in [9.17, 15) is 14.9 Å². The molecule has 6 nitrogen and oxygen atoms in total. The number of carbonyl (C=O) groups is 1. The summed E-state index contributed by atoms with van der Waals surface area (Å²) in [5.41, 5.74) is 0. The highest BCUT2D eigenvalue weighted by molar-refractivity contribution is 5.75. The highest BCUT2D eigenvalue weighted by Gasteiger charge is 2.57. The van der Waals surface area contributed by atoms with E-state index < -0.39 is 35.1 Å². The molecule has 2 bridgehead atoms. The van der Waals surface area contributed by atoms with Gasteiger partial charge < -0.3 is 9.47 Å². The van der Waals surface area contributed by atoms with Gasteiger partial charge in [0.05, 0.1) is 12.7 Å². The van der Waals surface area contributed by atoms with Crippen LogP contribution in [-0.2, 0) is 14.3 Å². The normalized spacial score (nSPS) is 36.9. The van der Waals surface area contributed by atoms with E-state index in [1.807, 2.05) is 0 Å². The zero-order chi connectivity index (χ0) is 11.0. The van der Waals surface area contributed by atoms with Gasteiger partial charge in [-0.25, -0.2) is 0 Å². The van der Waals surface area contributed by atoms with Crippen LogP contribution in [0.15, 0.2) is 12.2 Å². The van der Waals surface area contributed by atoms with Crippen molar-refractivity contribution < 1.29 is 19.2 Å². The Morgan fingerprint density at radius 3 is 2.80 bits per heavy atom. The van der Waals surface area contributed by atoms with Crippen molar-refractivity contribution in [2.45, 2.75) is 25.2 Å². The minimum absolute atomic E-state index is 0.223. The van der Waals surface area contributed by atoms with Gasteiger partial charge in [0.25, 0.3) is 6.04 Å². The summed E-state index contributed by atoms with van der Waals surface area (Å²) in [6.07, 6.45) is 2.24. The smallest absolute Gasteiger partial charge is 0.319 e. The first kappa shape index (κ1) is 10.1. The number of rotatable bonds is 3. The second kappa shape index (κ2) is 3.62. The molecule has 0 radical (unpaired) electrons. The third-order valence-electron chi connectivity index (χ3n) is 2.67. The molecule has 0 N–H and O–H groups in total. The van der Waals surface area contributed by atoms with E-state index in [2.05, 4.69) is 0 Å². The molecule has 0 aromatic heterocycles. The lowest BCUT2D eigenvalue weighted by Crippen LogP contribution is -2.41. The highest BCUT2D eigenvalue weighted by Crippen LogP contribution is 2.36. The van der Waals surface area contributed by atoms with Crippen molar-refractivity contribution in [1.29, 1.82) is 0 Å². The zero-order valence-electron chi connectivity index (χ0n) is 8.16. The topological polar surface area (TPSA) is 78.7 Å². The van der Waals surface area contributed by atoms with Crippen LogP contribution >= 0.6 is 0 Å².